The fourth-order valence-corrected chi connectivity index (χ4v) is 3.30. The van der Waals surface area contributed by atoms with E-state index in [1.54, 1.807) is 0 Å². The molecule has 0 heterocycles. The molecule has 0 amide bonds. The summed E-state index contributed by atoms with van der Waals surface area (Å²) >= 11 is 3.44. The van der Waals surface area contributed by atoms with Crippen LogP contribution < -0.4 is 5.32 Å². The quantitative estimate of drug-likeness (QED) is 0.856. The molecule has 0 aromatic heterocycles. The number of benzene rings is 1. The van der Waals surface area contributed by atoms with E-state index in [1.165, 1.54) is 32.1 Å². The van der Waals surface area contributed by atoms with Crippen LogP contribution in [0.15, 0.2) is 28.7 Å². The number of hydrogen-bond donors (Lipinski definition) is 2. The van der Waals surface area contributed by atoms with E-state index < -0.39 is 6.10 Å². The van der Waals surface area contributed by atoms with Crippen LogP contribution in [-0.4, -0.2) is 17.7 Å². The van der Waals surface area contributed by atoms with Gasteiger partial charge in [-0.3, -0.25) is 0 Å². The lowest BCUT2D eigenvalue weighted by atomic mass is 9.84. The molecule has 3 heteroatoms. The zero-order chi connectivity index (χ0) is 13.7. The lowest BCUT2D eigenvalue weighted by Gasteiger charge is -2.29. The van der Waals surface area contributed by atoms with E-state index in [2.05, 4.69) is 28.2 Å². The van der Waals surface area contributed by atoms with Crippen LogP contribution in [0, 0.1) is 5.92 Å². The van der Waals surface area contributed by atoms with Crippen molar-refractivity contribution in [3.8, 4) is 0 Å². The van der Waals surface area contributed by atoms with Crippen molar-refractivity contribution < 1.29 is 5.11 Å². The minimum atomic E-state index is -0.415. The summed E-state index contributed by atoms with van der Waals surface area (Å²) in [6, 6.07) is 8.50. The van der Waals surface area contributed by atoms with Gasteiger partial charge >= 0.3 is 0 Å². The second-order valence-electron chi connectivity index (χ2n) is 5.60. The molecule has 1 atom stereocenters. The van der Waals surface area contributed by atoms with Crippen LogP contribution >= 0.6 is 15.9 Å². The third-order valence-electron chi connectivity index (χ3n) is 4.26. The highest BCUT2D eigenvalue weighted by Crippen LogP contribution is 2.26. The average molecular weight is 326 g/mol. The number of hydrogen-bond acceptors (Lipinski definition) is 2. The summed E-state index contributed by atoms with van der Waals surface area (Å²) < 4.78 is 1.02. The molecular formula is C16H24BrNO. The van der Waals surface area contributed by atoms with Gasteiger partial charge in [-0.05, 0) is 49.3 Å². The van der Waals surface area contributed by atoms with Crippen molar-refractivity contribution in [1.82, 2.24) is 5.32 Å². The van der Waals surface area contributed by atoms with E-state index in [1.807, 2.05) is 24.3 Å². The topological polar surface area (TPSA) is 32.3 Å². The van der Waals surface area contributed by atoms with E-state index in [4.69, 9.17) is 0 Å². The van der Waals surface area contributed by atoms with Gasteiger partial charge in [0.2, 0.25) is 0 Å². The van der Waals surface area contributed by atoms with E-state index in [0.29, 0.717) is 12.6 Å². The Bertz CT molecular complexity index is 388. The van der Waals surface area contributed by atoms with Gasteiger partial charge in [-0.15, -0.1) is 0 Å². The summed E-state index contributed by atoms with van der Waals surface area (Å²) in [6.07, 6.45) is 6.07. The molecule has 19 heavy (non-hydrogen) atoms. The van der Waals surface area contributed by atoms with E-state index in [-0.39, 0.29) is 0 Å². The zero-order valence-electron chi connectivity index (χ0n) is 11.6. The minimum absolute atomic E-state index is 0.415. The van der Waals surface area contributed by atoms with Crippen molar-refractivity contribution >= 4 is 15.9 Å². The van der Waals surface area contributed by atoms with E-state index in [9.17, 15) is 5.11 Å². The SMILES string of the molecule is CCC1CCC(NCC(O)c2cccc(Br)c2)CC1. The van der Waals surface area contributed by atoms with Gasteiger partial charge in [0.05, 0.1) is 6.10 Å². The zero-order valence-corrected chi connectivity index (χ0v) is 13.2. The van der Waals surface area contributed by atoms with Crippen LogP contribution in [0.4, 0.5) is 0 Å². The lowest BCUT2D eigenvalue weighted by molar-refractivity contribution is 0.162. The summed E-state index contributed by atoms with van der Waals surface area (Å²) in [5.41, 5.74) is 0.976. The molecule has 1 aromatic rings. The third kappa shape index (κ3) is 4.59. The maximum atomic E-state index is 10.2. The summed E-state index contributed by atoms with van der Waals surface area (Å²) in [4.78, 5) is 0. The molecule has 0 aliphatic heterocycles. The van der Waals surface area contributed by atoms with Gasteiger partial charge in [0.25, 0.3) is 0 Å². The van der Waals surface area contributed by atoms with Gasteiger partial charge in [0.15, 0.2) is 0 Å². The first-order chi connectivity index (χ1) is 9.19. The number of halogens is 1. The second-order valence-corrected chi connectivity index (χ2v) is 6.52. The van der Waals surface area contributed by atoms with Crippen LogP contribution in [0.5, 0.6) is 0 Å². The monoisotopic (exact) mass is 325 g/mol. The summed E-state index contributed by atoms with van der Waals surface area (Å²) in [5, 5.41) is 13.7. The van der Waals surface area contributed by atoms with Crippen molar-refractivity contribution in [3.63, 3.8) is 0 Å². The summed E-state index contributed by atoms with van der Waals surface area (Å²) in [7, 11) is 0. The van der Waals surface area contributed by atoms with Crippen LogP contribution in [0.2, 0.25) is 0 Å². The molecular weight excluding hydrogens is 302 g/mol. The number of aliphatic hydroxyl groups is 1. The Kier molecular flexibility index (Phi) is 5.86. The van der Waals surface area contributed by atoms with Gasteiger partial charge in [-0.25, -0.2) is 0 Å². The van der Waals surface area contributed by atoms with Crippen molar-refractivity contribution in [2.45, 2.75) is 51.2 Å². The van der Waals surface area contributed by atoms with Crippen molar-refractivity contribution in [1.29, 1.82) is 0 Å². The Hall–Kier alpha value is -0.380. The van der Waals surface area contributed by atoms with Gasteiger partial charge in [0.1, 0.15) is 0 Å². The molecule has 1 aliphatic carbocycles. The molecule has 2 rings (SSSR count). The first-order valence-corrected chi connectivity index (χ1v) is 8.15. The maximum Gasteiger partial charge on any atom is 0.0914 e. The number of nitrogens with one attached hydrogen (secondary N) is 1. The molecule has 0 spiro atoms. The highest BCUT2D eigenvalue weighted by Gasteiger charge is 2.20. The normalized spacial score (nSPS) is 25.2. The van der Waals surface area contributed by atoms with Gasteiger partial charge < -0.3 is 10.4 Å². The Balaban J connectivity index is 1.76. The molecule has 1 saturated carbocycles. The van der Waals surface area contributed by atoms with Crippen molar-refractivity contribution in [2.75, 3.05) is 6.54 Å². The third-order valence-corrected chi connectivity index (χ3v) is 4.75. The van der Waals surface area contributed by atoms with Crippen LogP contribution in [0.1, 0.15) is 50.7 Å². The highest BCUT2D eigenvalue weighted by molar-refractivity contribution is 9.10. The highest BCUT2D eigenvalue weighted by atomic mass is 79.9. The van der Waals surface area contributed by atoms with Crippen LogP contribution in [0.25, 0.3) is 0 Å². The molecule has 0 bridgehead atoms. The lowest BCUT2D eigenvalue weighted by Crippen LogP contribution is -2.35. The molecule has 2 nitrogen and oxygen atoms in total. The molecule has 2 N–H and O–H groups in total. The number of aliphatic hydroxyl groups excluding tert-OH is 1. The molecule has 0 saturated heterocycles. The first kappa shape index (κ1) is 15.0. The molecule has 1 fully saturated rings. The standard InChI is InChI=1S/C16H24BrNO/c1-2-12-6-8-15(9-7-12)18-11-16(19)13-4-3-5-14(17)10-13/h3-5,10,12,15-16,18-19H,2,6-9,11H2,1H3. The molecule has 1 unspecified atom stereocenters. The predicted molar refractivity (Wildman–Crippen MR) is 83.1 cm³/mol. The van der Waals surface area contributed by atoms with Crippen LogP contribution in [0.3, 0.4) is 0 Å². The largest absolute Gasteiger partial charge is 0.387 e. The summed E-state index contributed by atoms with van der Waals surface area (Å²) in [6.45, 7) is 2.94. The first-order valence-electron chi connectivity index (χ1n) is 7.36. The number of rotatable bonds is 5. The Morgan fingerprint density at radius 1 is 1.32 bits per heavy atom. The second kappa shape index (κ2) is 7.41. The maximum absolute atomic E-state index is 10.2. The predicted octanol–water partition coefficient (Wildman–Crippen LogP) is 4.04. The van der Waals surface area contributed by atoms with E-state index in [0.717, 1.165) is 16.0 Å². The molecule has 106 valence electrons. The minimum Gasteiger partial charge on any atom is -0.387 e. The van der Waals surface area contributed by atoms with Gasteiger partial charge in [-0.2, -0.15) is 0 Å². The molecule has 0 radical (unpaired) electrons. The van der Waals surface area contributed by atoms with Gasteiger partial charge in [0, 0.05) is 17.1 Å². The fourth-order valence-electron chi connectivity index (χ4n) is 2.88. The molecule has 1 aromatic carbocycles. The fraction of sp³-hybridized carbons (Fsp3) is 0.625. The molecule has 1 aliphatic rings. The summed E-state index contributed by atoms with van der Waals surface area (Å²) in [5.74, 6) is 0.924. The van der Waals surface area contributed by atoms with Crippen molar-refractivity contribution in [2.24, 2.45) is 5.92 Å². The van der Waals surface area contributed by atoms with E-state index >= 15 is 0 Å². The van der Waals surface area contributed by atoms with Crippen molar-refractivity contribution in [3.05, 3.63) is 34.3 Å². The van der Waals surface area contributed by atoms with Gasteiger partial charge in [-0.1, -0.05) is 41.4 Å². The smallest absolute Gasteiger partial charge is 0.0914 e. The average Bonchev–Trinajstić information content (AvgIpc) is 2.45. The Labute approximate surface area is 124 Å². The Morgan fingerprint density at radius 3 is 2.68 bits per heavy atom. The van der Waals surface area contributed by atoms with Crippen LogP contribution in [-0.2, 0) is 0 Å². The Morgan fingerprint density at radius 2 is 2.05 bits per heavy atom.